The minimum Gasteiger partial charge on any atom is -0.368 e. The summed E-state index contributed by atoms with van der Waals surface area (Å²) in [6, 6.07) is 14.2. The van der Waals surface area contributed by atoms with Crippen LogP contribution in [-0.4, -0.2) is 51.9 Å². The Kier molecular flexibility index (Phi) is 5.65. The molecule has 4 rings (SSSR count). The molecule has 29 heavy (non-hydrogen) atoms. The van der Waals surface area contributed by atoms with Crippen LogP contribution in [0.4, 0.5) is 11.5 Å². The van der Waals surface area contributed by atoms with Crippen LogP contribution < -0.4 is 10.2 Å². The number of pyridine rings is 1. The Morgan fingerprint density at radius 1 is 1.00 bits per heavy atom. The van der Waals surface area contributed by atoms with E-state index < -0.39 is 0 Å². The van der Waals surface area contributed by atoms with Gasteiger partial charge in [0.15, 0.2) is 0 Å². The molecule has 2 aromatic heterocycles. The Morgan fingerprint density at radius 2 is 1.86 bits per heavy atom. The third-order valence-corrected chi connectivity index (χ3v) is 4.98. The fraction of sp³-hybridized carbons (Fsp3) is 0.273. The molecule has 1 amide bonds. The molecule has 0 unspecified atom stereocenters. The maximum Gasteiger partial charge on any atom is 0.274 e. The Balaban J connectivity index is 1.31. The highest BCUT2D eigenvalue weighted by Gasteiger charge is 2.23. The van der Waals surface area contributed by atoms with Crippen LogP contribution in [0.15, 0.2) is 61.1 Å². The molecule has 0 bridgehead atoms. The number of nitrogens with zero attached hydrogens (tertiary/aromatic N) is 5. The molecule has 0 radical (unpaired) electrons. The lowest BCUT2D eigenvalue weighted by atomic mass is 10.2. The van der Waals surface area contributed by atoms with Crippen LogP contribution in [-0.2, 0) is 6.54 Å². The van der Waals surface area contributed by atoms with Crippen molar-refractivity contribution >= 4 is 17.4 Å². The first kappa shape index (κ1) is 18.9. The van der Waals surface area contributed by atoms with Gasteiger partial charge in [-0.3, -0.25) is 9.78 Å². The summed E-state index contributed by atoms with van der Waals surface area (Å²) >= 11 is 0. The summed E-state index contributed by atoms with van der Waals surface area (Å²) in [6.45, 7) is 5.63. The highest BCUT2D eigenvalue weighted by atomic mass is 16.2. The van der Waals surface area contributed by atoms with Crippen molar-refractivity contribution in [2.24, 2.45) is 0 Å². The number of nitrogens with one attached hydrogen (secondary N) is 1. The minimum atomic E-state index is -0.0716. The normalized spacial score (nSPS) is 14.0. The number of carbonyl (C=O) groups excluding carboxylic acids is 1. The third kappa shape index (κ3) is 4.68. The van der Waals surface area contributed by atoms with Crippen molar-refractivity contribution in [3.05, 3.63) is 78.0 Å². The van der Waals surface area contributed by atoms with Crippen LogP contribution in [0.2, 0.25) is 0 Å². The molecule has 0 aliphatic carbocycles. The molecule has 0 saturated carbocycles. The minimum absolute atomic E-state index is 0.0716. The topological polar surface area (TPSA) is 74.2 Å². The summed E-state index contributed by atoms with van der Waals surface area (Å²) in [5.41, 5.74) is 3.74. The smallest absolute Gasteiger partial charge is 0.274 e. The highest BCUT2D eigenvalue weighted by molar-refractivity contribution is 5.92. The van der Waals surface area contributed by atoms with Gasteiger partial charge >= 0.3 is 0 Å². The first-order valence-electron chi connectivity index (χ1n) is 9.76. The maximum absolute atomic E-state index is 12.8. The van der Waals surface area contributed by atoms with Crippen molar-refractivity contribution in [1.29, 1.82) is 0 Å². The average Bonchev–Trinajstić information content (AvgIpc) is 2.78. The molecule has 1 aromatic carbocycles. The Morgan fingerprint density at radius 3 is 2.55 bits per heavy atom. The second kappa shape index (κ2) is 8.68. The van der Waals surface area contributed by atoms with Gasteiger partial charge < -0.3 is 15.1 Å². The second-order valence-electron chi connectivity index (χ2n) is 7.08. The van der Waals surface area contributed by atoms with Gasteiger partial charge in [-0.05, 0) is 36.8 Å². The molecule has 0 spiro atoms. The number of benzene rings is 1. The summed E-state index contributed by atoms with van der Waals surface area (Å²) in [5.74, 6) is 0.550. The summed E-state index contributed by atoms with van der Waals surface area (Å²) in [7, 11) is 0. The van der Waals surface area contributed by atoms with Gasteiger partial charge in [-0.1, -0.05) is 18.2 Å². The number of aromatic nitrogens is 3. The number of hydrogen-bond acceptors (Lipinski definition) is 6. The zero-order chi connectivity index (χ0) is 20.1. The SMILES string of the molecule is Cc1cccc(N2CCN(C(=O)c3cnc(NCc4ccccn4)cn3)CC2)c1. The summed E-state index contributed by atoms with van der Waals surface area (Å²) in [6.07, 6.45) is 4.89. The largest absolute Gasteiger partial charge is 0.368 e. The van der Waals surface area contributed by atoms with Crippen LogP contribution in [0.5, 0.6) is 0 Å². The van der Waals surface area contributed by atoms with Gasteiger partial charge in [0.05, 0.1) is 24.6 Å². The number of hydrogen-bond donors (Lipinski definition) is 1. The van der Waals surface area contributed by atoms with Crippen molar-refractivity contribution < 1.29 is 4.79 Å². The lowest BCUT2D eigenvalue weighted by molar-refractivity contribution is 0.0740. The maximum atomic E-state index is 12.8. The number of amides is 1. The van der Waals surface area contributed by atoms with E-state index in [1.165, 1.54) is 17.4 Å². The predicted molar refractivity (Wildman–Crippen MR) is 113 cm³/mol. The monoisotopic (exact) mass is 388 g/mol. The van der Waals surface area contributed by atoms with E-state index in [-0.39, 0.29) is 5.91 Å². The number of anilines is 2. The van der Waals surface area contributed by atoms with Crippen molar-refractivity contribution in [3.63, 3.8) is 0 Å². The van der Waals surface area contributed by atoms with Crippen LogP contribution >= 0.6 is 0 Å². The van der Waals surface area contributed by atoms with E-state index in [9.17, 15) is 4.79 Å². The van der Waals surface area contributed by atoms with E-state index in [0.29, 0.717) is 31.1 Å². The first-order valence-corrected chi connectivity index (χ1v) is 9.76. The van der Waals surface area contributed by atoms with Crippen LogP contribution in [0.25, 0.3) is 0 Å². The van der Waals surface area contributed by atoms with E-state index in [1.54, 1.807) is 12.4 Å². The Labute approximate surface area is 170 Å². The quantitative estimate of drug-likeness (QED) is 0.724. The predicted octanol–water partition coefficient (Wildman–Crippen LogP) is 2.75. The van der Waals surface area contributed by atoms with Crippen molar-refractivity contribution in [2.45, 2.75) is 13.5 Å². The molecule has 1 aliphatic rings. The molecule has 1 aliphatic heterocycles. The zero-order valence-electron chi connectivity index (χ0n) is 16.5. The van der Waals surface area contributed by atoms with Crippen LogP contribution in [0, 0.1) is 6.92 Å². The van der Waals surface area contributed by atoms with Crippen molar-refractivity contribution in [1.82, 2.24) is 19.9 Å². The van der Waals surface area contributed by atoms with E-state index >= 15 is 0 Å². The molecule has 148 valence electrons. The number of aryl methyl sites for hydroxylation is 1. The van der Waals surface area contributed by atoms with Gasteiger partial charge in [-0.2, -0.15) is 0 Å². The van der Waals surface area contributed by atoms with Crippen LogP contribution in [0.1, 0.15) is 21.7 Å². The van der Waals surface area contributed by atoms with Gasteiger partial charge in [0.1, 0.15) is 11.5 Å². The fourth-order valence-electron chi connectivity index (χ4n) is 3.37. The van der Waals surface area contributed by atoms with Gasteiger partial charge in [0, 0.05) is 38.1 Å². The fourth-order valence-corrected chi connectivity index (χ4v) is 3.37. The lowest BCUT2D eigenvalue weighted by Gasteiger charge is -2.36. The third-order valence-electron chi connectivity index (χ3n) is 4.98. The van der Waals surface area contributed by atoms with E-state index in [0.717, 1.165) is 18.8 Å². The summed E-state index contributed by atoms with van der Waals surface area (Å²) in [5, 5.41) is 3.17. The second-order valence-corrected chi connectivity index (χ2v) is 7.08. The number of piperazine rings is 1. The van der Waals surface area contributed by atoms with Crippen molar-refractivity contribution in [2.75, 3.05) is 36.4 Å². The summed E-state index contributed by atoms with van der Waals surface area (Å²) < 4.78 is 0. The van der Waals surface area contributed by atoms with E-state index in [1.807, 2.05) is 23.1 Å². The molecule has 0 atom stereocenters. The first-order chi connectivity index (χ1) is 14.2. The van der Waals surface area contributed by atoms with E-state index in [2.05, 4.69) is 56.4 Å². The molecule has 7 nitrogen and oxygen atoms in total. The average molecular weight is 388 g/mol. The van der Waals surface area contributed by atoms with Gasteiger partial charge in [-0.25, -0.2) is 9.97 Å². The van der Waals surface area contributed by atoms with Crippen LogP contribution in [0.3, 0.4) is 0 Å². The van der Waals surface area contributed by atoms with Crippen molar-refractivity contribution in [3.8, 4) is 0 Å². The molecule has 1 fully saturated rings. The molecule has 3 aromatic rings. The van der Waals surface area contributed by atoms with E-state index in [4.69, 9.17) is 0 Å². The Hall–Kier alpha value is -3.48. The molecular formula is C22H24N6O. The molecular weight excluding hydrogens is 364 g/mol. The molecule has 1 saturated heterocycles. The zero-order valence-corrected chi connectivity index (χ0v) is 16.5. The molecule has 1 N–H and O–H groups in total. The van der Waals surface area contributed by atoms with Gasteiger partial charge in [0.25, 0.3) is 5.91 Å². The summed E-state index contributed by atoms with van der Waals surface area (Å²) in [4.78, 5) is 29.8. The highest BCUT2D eigenvalue weighted by Crippen LogP contribution is 2.18. The molecule has 7 heteroatoms. The number of carbonyl (C=O) groups is 1. The lowest BCUT2D eigenvalue weighted by Crippen LogP contribution is -2.49. The number of rotatable bonds is 5. The van der Waals surface area contributed by atoms with Gasteiger partial charge in [0.2, 0.25) is 0 Å². The molecule has 3 heterocycles. The van der Waals surface area contributed by atoms with Gasteiger partial charge in [-0.15, -0.1) is 0 Å². The standard InChI is InChI=1S/C22H24N6O/c1-17-5-4-7-19(13-17)27-9-11-28(12-10-27)22(29)20-15-26-21(16-24-20)25-14-18-6-2-3-8-23-18/h2-8,13,15-16H,9-12,14H2,1H3,(H,25,26). The Bertz CT molecular complexity index is 953.